The zero-order valence-electron chi connectivity index (χ0n) is 44.2. The van der Waals surface area contributed by atoms with Crippen molar-refractivity contribution < 1.29 is 45.9 Å². The number of aliphatic imine (C=N–C) groups is 1. The highest BCUT2D eigenvalue weighted by atomic mass is 32.2. The highest BCUT2D eigenvalue weighted by Crippen LogP contribution is 2.48. The number of aromatic nitrogens is 4. The van der Waals surface area contributed by atoms with E-state index in [1.165, 1.54) is 27.0 Å². The molecule has 0 bridgehead atoms. The zero-order chi connectivity index (χ0) is 55.8. The molecule has 3 amide bonds. The summed E-state index contributed by atoms with van der Waals surface area (Å²) in [6.07, 6.45) is 5.24. The van der Waals surface area contributed by atoms with E-state index in [2.05, 4.69) is 36.0 Å². The molecule has 6 atom stereocenters. The van der Waals surface area contributed by atoms with Crippen LogP contribution in [0.4, 0.5) is 14.6 Å². The standard InChI is InChI=1S/C55H59F2N11O9S2/c1-28(2)43(53(72)68-24-34(69)20-40(68)49-62-54(73)55(4,63-49)31-9-7-30(8-10-31)48-29(3)60-27-78-48)41-21-42(64-77-41)76-18-17-66-16-12-33(23-66)61-51(70)44-36-25-67(50-38(57)19-32(56)22-59-50)39-11-14-58-47(45(36)39)46-35(13-15-65(5)52(46)71)37(44)26-79(6,74)75/h7-10,13,15,19,21-22,25,27-28,33-34,39-40,43,58,69H,11-12,14,16-18,20,23-24,26H2,1-6H3,(H,61,70)(H,62,63,73)/t33-,34+,39?,40-,43-,55-/m0/s1. The van der Waals surface area contributed by atoms with Gasteiger partial charge >= 0.3 is 0 Å². The third-order valence-electron chi connectivity index (χ3n) is 15.7. The number of benzene rings is 1. The molecule has 4 N–H and O–H groups in total. The zero-order valence-corrected chi connectivity index (χ0v) is 45.9. The third-order valence-corrected chi connectivity index (χ3v) is 17.5. The van der Waals surface area contributed by atoms with Gasteiger partial charge in [0, 0.05) is 94.2 Å². The Hall–Kier alpha value is -7.41. The summed E-state index contributed by atoms with van der Waals surface area (Å²) >= 11 is 1.54. The van der Waals surface area contributed by atoms with Crippen molar-refractivity contribution in [2.75, 3.05) is 56.2 Å². The molecule has 79 heavy (non-hydrogen) atoms. The number of thiazole rings is 1. The van der Waals surface area contributed by atoms with Crippen molar-refractivity contribution in [1.29, 1.82) is 0 Å². The van der Waals surface area contributed by atoms with Gasteiger partial charge in [-0.2, -0.15) is 0 Å². The first-order chi connectivity index (χ1) is 37.7. The number of aryl methyl sites for hydroxylation is 2. The molecule has 2 fully saturated rings. The van der Waals surface area contributed by atoms with E-state index in [4.69, 9.17) is 14.3 Å². The van der Waals surface area contributed by atoms with Gasteiger partial charge in [0.05, 0.1) is 63.1 Å². The Morgan fingerprint density at radius 1 is 1.08 bits per heavy atom. The van der Waals surface area contributed by atoms with Crippen LogP contribution in [0.5, 0.6) is 5.88 Å². The molecule has 0 radical (unpaired) electrons. The van der Waals surface area contributed by atoms with Crippen molar-refractivity contribution in [1.82, 2.24) is 45.4 Å². The summed E-state index contributed by atoms with van der Waals surface area (Å²) in [5, 5.41) is 24.5. The Balaban J connectivity index is 0.772. The number of pyridine rings is 2. The Bertz CT molecular complexity index is 3630. The molecule has 24 heteroatoms. The van der Waals surface area contributed by atoms with Gasteiger partial charge in [0.15, 0.2) is 32.8 Å². The molecule has 1 aromatic carbocycles. The Labute approximate surface area is 457 Å². The van der Waals surface area contributed by atoms with Gasteiger partial charge in [0.25, 0.3) is 23.3 Å². The minimum Gasteiger partial charge on any atom is -0.474 e. The van der Waals surface area contributed by atoms with Crippen molar-refractivity contribution in [2.24, 2.45) is 18.0 Å². The van der Waals surface area contributed by atoms with Gasteiger partial charge in [-0.1, -0.05) is 38.1 Å². The maximum absolute atomic E-state index is 15.5. The number of hydrogen-bond acceptors (Lipinski definition) is 17. The van der Waals surface area contributed by atoms with Gasteiger partial charge in [-0.05, 0) is 66.1 Å². The van der Waals surface area contributed by atoms with E-state index in [9.17, 15) is 37.1 Å². The predicted molar refractivity (Wildman–Crippen MR) is 290 cm³/mol. The first-order valence-electron chi connectivity index (χ1n) is 26.1. The number of aliphatic hydroxyl groups is 1. The lowest BCUT2D eigenvalue weighted by atomic mass is 9.89. The van der Waals surface area contributed by atoms with Crippen LogP contribution in [0.25, 0.3) is 21.7 Å². The lowest BCUT2D eigenvalue weighted by molar-refractivity contribution is -0.134. The Morgan fingerprint density at radius 2 is 1.86 bits per heavy atom. The number of β-amino-alcohol motifs (C(OH)–C–C–N with tert-alkyl or cyclic N) is 1. The SMILES string of the molecule is Cc1ncsc1-c1ccc([C@]2(C)N=C([C@@H]3C[C@@H](O)CN3C(=O)[C@H](c3cc(OCCN4CC[C@H](NC(=O)C5=C(CS(C)(=O)=O)c6ccn(C)c(=O)c6C6=C7C5=CN(c5ncc(F)cc5F)C7CCN6)C4)no3)C(C)C)NC2=O)cc1. The number of amidine groups is 1. The number of nitrogens with zero attached hydrogens (tertiary/aromatic N) is 8. The van der Waals surface area contributed by atoms with Crippen LogP contribution in [0.15, 0.2) is 97.6 Å². The van der Waals surface area contributed by atoms with Gasteiger partial charge in [0.1, 0.15) is 24.2 Å². The van der Waals surface area contributed by atoms with Gasteiger partial charge in [-0.3, -0.25) is 24.1 Å². The van der Waals surface area contributed by atoms with Crippen LogP contribution in [-0.2, 0) is 36.8 Å². The quantitative estimate of drug-likeness (QED) is 0.115. The molecule has 0 saturated carbocycles. The minimum atomic E-state index is -3.83. The first-order valence-corrected chi connectivity index (χ1v) is 29.1. The third kappa shape index (κ3) is 9.96. The van der Waals surface area contributed by atoms with Gasteiger partial charge < -0.3 is 44.7 Å². The Morgan fingerprint density at radius 3 is 2.58 bits per heavy atom. The molecule has 5 aliphatic heterocycles. The van der Waals surface area contributed by atoms with E-state index >= 15 is 4.39 Å². The van der Waals surface area contributed by atoms with Gasteiger partial charge in [-0.25, -0.2) is 32.2 Å². The number of hydrogen-bond donors (Lipinski definition) is 4. The summed E-state index contributed by atoms with van der Waals surface area (Å²) in [5.74, 6) is -4.22. The number of carbonyl (C=O) groups is 3. The summed E-state index contributed by atoms with van der Waals surface area (Å²) < 4.78 is 69.4. The smallest absolute Gasteiger partial charge is 0.260 e. The highest BCUT2D eigenvalue weighted by molar-refractivity contribution is 7.91. The van der Waals surface area contributed by atoms with E-state index in [0.717, 1.165) is 34.7 Å². The molecular formula is C55H59F2N11O9S2. The molecule has 5 aromatic rings. The topological polar surface area (TPSA) is 247 Å². The van der Waals surface area contributed by atoms with Crippen LogP contribution in [-0.4, -0.2) is 142 Å². The maximum Gasteiger partial charge on any atom is 0.260 e. The molecule has 2 saturated heterocycles. The highest BCUT2D eigenvalue weighted by Gasteiger charge is 2.49. The van der Waals surface area contributed by atoms with Crippen molar-refractivity contribution >= 4 is 61.8 Å². The second kappa shape index (κ2) is 20.7. The molecule has 20 nitrogen and oxygen atoms in total. The average molecular weight is 1120 g/mol. The number of rotatable bonds is 15. The molecule has 4 aromatic heterocycles. The average Bonchev–Trinajstić information content (AvgIpc) is 4.42. The van der Waals surface area contributed by atoms with Gasteiger partial charge in [-0.15, -0.1) is 11.3 Å². The largest absolute Gasteiger partial charge is 0.474 e. The van der Waals surface area contributed by atoms with Crippen molar-refractivity contribution in [3.8, 4) is 16.3 Å². The molecule has 9 heterocycles. The summed E-state index contributed by atoms with van der Waals surface area (Å²) in [5.41, 5.74) is 4.44. The van der Waals surface area contributed by atoms with Crippen LogP contribution in [0.3, 0.4) is 0 Å². The number of aliphatic hydroxyl groups excluding tert-OH is 1. The molecule has 0 spiro atoms. The molecule has 1 aliphatic carbocycles. The number of fused-ring (bicyclic) bond motifs is 2. The number of anilines is 1. The van der Waals surface area contributed by atoms with Crippen LogP contribution in [0.1, 0.15) is 74.1 Å². The van der Waals surface area contributed by atoms with Crippen molar-refractivity contribution in [3.05, 3.63) is 133 Å². The number of ether oxygens (including phenoxy) is 1. The summed E-state index contributed by atoms with van der Waals surface area (Å²) in [6, 6.07) is 9.80. The monoisotopic (exact) mass is 1120 g/mol. The fraction of sp³-hybridized carbons (Fsp3) is 0.418. The maximum atomic E-state index is 15.5. The number of carbonyl (C=O) groups excluding carboxylic acids is 3. The summed E-state index contributed by atoms with van der Waals surface area (Å²) in [4.78, 5) is 76.7. The fourth-order valence-electron chi connectivity index (χ4n) is 11.8. The second-order valence-corrected chi connectivity index (χ2v) is 24.5. The van der Waals surface area contributed by atoms with Gasteiger partial charge in [0.2, 0.25) is 5.91 Å². The van der Waals surface area contributed by atoms with E-state index in [1.54, 1.807) is 42.7 Å². The van der Waals surface area contributed by atoms with Crippen molar-refractivity contribution in [3.63, 3.8) is 0 Å². The van der Waals surface area contributed by atoms with Crippen LogP contribution >= 0.6 is 11.3 Å². The number of likely N-dealkylation sites (tertiary alicyclic amines) is 2. The van der Waals surface area contributed by atoms with E-state index < -0.39 is 74.4 Å². The normalized spacial score (nSPS) is 23.3. The molecule has 6 aliphatic rings. The van der Waals surface area contributed by atoms with Crippen LogP contribution < -0.4 is 31.1 Å². The van der Waals surface area contributed by atoms with Crippen LogP contribution in [0.2, 0.25) is 0 Å². The molecular weight excluding hydrogens is 1060 g/mol. The molecule has 1 unspecified atom stereocenters. The summed E-state index contributed by atoms with van der Waals surface area (Å²) in [6.45, 7) is 9.34. The Kier molecular flexibility index (Phi) is 14.0. The number of halogens is 2. The second-order valence-electron chi connectivity index (χ2n) is 21.5. The minimum absolute atomic E-state index is 0.0178. The van der Waals surface area contributed by atoms with E-state index in [-0.39, 0.29) is 77.0 Å². The molecule has 414 valence electrons. The number of nitrogens with one attached hydrogen (secondary N) is 3. The fourth-order valence-corrected chi connectivity index (χ4v) is 13.4. The number of amides is 3. The predicted octanol–water partition coefficient (Wildman–Crippen LogP) is 4.18. The van der Waals surface area contributed by atoms with E-state index in [1.807, 2.05) is 45.0 Å². The van der Waals surface area contributed by atoms with Crippen LogP contribution in [0, 0.1) is 24.5 Å². The summed E-state index contributed by atoms with van der Waals surface area (Å²) in [7, 11) is -2.26. The lowest BCUT2D eigenvalue weighted by Crippen LogP contribution is -2.48. The van der Waals surface area contributed by atoms with Crippen molar-refractivity contribution in [2.45, 2.75) is 82.6 Å². The molecule has 11 rings (SSSR count). The lowest BCUT2D eigenvalue weighted by Gasteiger charge is -2.32. The van der Waals surface area contributed by atoms with E-state index in [0.29, 0.717) is 67.3 Å². The number of sulfone groups is 1. The first kappa shape index (κ1) is 53.6.